The maximum atomic E-state index is 14.6. The normalized spacial score (nSPS) is 45.9. The number of carbonyl (C=O) groups excluding carboxylic acids is 3. The highest BCUT2D eigenvalue weighted by atomic mass is 32.2. The van der Waals surface area contributed by atoms with E-state index in [2.05, 4.69) is 11.1 Å². The number of ether oxygens (including phenoxy) is 1. The van der Waals surface area contributed by atoms with Crippen LogP contribution in [-0.4, -0.2) is 55.8 Å². The fraction of sp³-hybridized carbons (Fsp3) is 0.781. The summed E-state index contributed by atoms with van der Waals surface area (Å²) in [4.78, 5) is 41.7. The number of methoxy groups -OCH3 is 1. The molecular formula is C32H44F3NO8S. The summed E-state index contributed by atoms with van der Waals surface area (Å²) in [6, 6.07) is 0. The molecule has 5 aliphatic carbocycles. The van der Waals surface area contributed by atoms with Crippen LogP contribution in [0.15, 0.2) is 23.5 Å². The molecule has 7 unspecified atom stereocenters. The Hall–Kier alpha value is -2.25. The van der Waals surface area contributed by atoms with E-state index < -0.39 is 72.5 Å². The highest BCUT2D eigenvalue weighted by molar-refractivity contribution is 7.87. The van der Waals surface area contributed by atoms with Crippen molar-refractivity contribution < 1.29 is 50.0 Å². The van der Waals surface area contributed by atoms with E-state index in [0.717, 1.165) is 6.42 Å². The van der Waals surface area contributed by atoms with Gasteiger partial charge < -0.3 is 19.8 Å². The molecule has 9 nitrogen and oxygen atoms in total. The van der Waals surface area contributed by atoms with Crippen molar-refractivity contribution in [2.75, 3.05) is 13.7 Å². The molecule has 3 N–H and O–H groups in total. The zero-order valence-corrected chi connectivity index (χ0v) is 27.5. The van der Waals surface area contributed by atoms with Gasteiger partial charge in [0.15, 0.2) is 11.6 Å². The molecule has 0 radical (unpaired) electrons. The van der Waals surface area contributed by atoms with E-state index in [9.17, 15) is 41.1 Å². The molecule has 0 bridgehead atoms. The Morgan fingerprint density at radius 1 is 1.09 bits per heavy atom. The number of hydrogen-bond donors (Lipinski definition) is 2. The van der Waals surface area contributed by atoms with Crippen molar-refractivity contribution in [3.8, 4) is 0 Å². The van der Waals surface area contributed by atoms with Gasteiger partial charge in [-0.05, 0) is 87.0 Å². The average Bonchev–Trinajstić information content (AvgIpc) is 2.96. The quantitative estimate of drug-likeness (QED) is 0.144. The number of Topliss-reactive ketones (excluding diaryl/α,β-unsaturated/α-hetero) is 1. The Kier molecular flexibility index (Phi) is 7.67. The molecule has 5 aliphatic rings. The number of nitrogens with two attached hydrogens (primary N) is 1. The minimum absolute atomic E-state index is 0.200. The first-order valence-electron chi connectivity index (χ1n) is 15.5. The summed E-state index contributed by atoms with van der Waals surface area (Å²) in [5.74, 6) is -2.19. The van der Waals surface area contributed by atoms with Gasteiger partial charge in [0.2, 0.25) is 0 Å². The largest absolute Gasteiger partial charge is 0.534 e. The molecule has 9 atom stereocenters. The van der Waals surface area contributed by atoms with E-state index >= 15 is 0 Å². The van der Waals surface area contributed by atoms with Gasteiger partial charge in [0.1, 0.15) is 6.26 Å². The second-order valence-electron chi connectivity index (χ2n) is 15.3. The number of fused-ring (bicyclic) bond motifs is 7. The number of allylic oxidation sites excluding steroid dienone is 2. The van der Waals surface area contributed by atoms with Crippen LogP contribution >= 0.6 is 0 Å². The number of hydrogen-bond acceptors (Lipinski definition) is 9. The molecule has 4 saturated carbocycles. The Morgan fingerprint density at radius 3 is 2.31 bits per heavy atom. The predicted molar refractivity (Wildman–Crippen MR) is 156 cm³/mol. The summed E-state index contributed by atoms with van der Waals surface area (Å²) >= 11 is 0. The molecule has 0 aliphatic heterocycles. The lowest BCUT2D eigenvalue weighted by atomic mass is 9.32. The van der Waals surface area contributed by atoms with Crippen LogP contribution < -0.4 is 5.73 Å². The van der Waals surface area contributed by atoms with Crippen LogP contribution in [0.4, 0.5) is 13.2 Å². The van der Waals surface area contributed by atoms with Gasteiger partial charge in [-0.1, -0.05) is 33.3 Å². The van der Waals surface area contributed by atoms with E-state index in [1.165, 1.54) is 20.1 Å². The van der Waals surface area contributed by atoms with Crippen molar-refractivity contribution in [2.45, 2.75) is 97.0 Å². The third kappa shape index (κ3) is 4.17. The van der Waals surface area contributed by atoms with Crippen molar-refractivity contribution in [1.29, 1.82) is 0 Å². The van der Waals surface area contributed by atoms with Crippen LogP contribution in [0.5, 0.6) is 0 Å². The third-order valence-corrected chi connectivity index (χ3v) is 14.3. The molecule has 5 rings (SSSR count). The molecule has 252 valence electrons. The van der Waals surface area contributed by atoms with Crippen molar-refractivity contribution in [1.82, 2.24) is 0 Å². The SMILES string of the molecule is COC(=O)C12CCC(C)CC1C1(N)C(=O)C=C3C4(C)C/C(=C\OS(=O)(=O)C(F)(F)F)C(=O)[C@](C)(CO)C4CCC3(C)[C@]1(C)CC2. The van der Waals surface area contributed by atoms with E-state index in [1.807, 2.05) is 20.8 Å². The first-order valence-corrected chi connectivity index (χ1v) is 17.0. The van der Waals surface area contributed by atoms with E-state index in [-0.39, 0.29) is 29.7 Å². The number of esters is 1. The lowest BCUT2D eigenvalue weighted by Crippen LogP contribution is -2.78. The summed E-state index contributed by atoms with van der Waals surface area (Å²) in [5.41, 5.74) is -4.41. The summed E-state index contributed by atoms with van der Waals surface area (Å²) in [6.45, 7) is 8.80. The molecule has 4 fully saturated rings. The summed E-state index contributed by atoms with van der Waals surface area (Å²) in [5, 5.41) is 10.6. The minimum Gasteiger partial charge on any atom is -0.469 e. The second-order valence-corrected chi connectivity index (χ2v) is 16.8. The highest BCUT2D eigenvalue weighted by Gasteiger charge is 2.76. The predicted octanol–water partition coefficient (Wildman–Crippen LogP) is 4.73. The van der Waals surface area contributed by atoms with Gasteiger partial charge in [0.05, 0.1) is 30.1 Å². The van der Waals surface area contributed by atoms with Crippen LogP contribution in [0.1, 0.15) is 86.0 Å². The molecule has 0 aromatic rings. The number of aliphatic hydroxyl groups is 1. The topological polar surface area (TPSA) is 150 Å². The van der Waals surface area contributed by atoms with Gasteiger partial charge >= 0.3 is 21.6 Å². The lowest BCUT2D eigenvalue weighted by Gasteiger charge is -2.72. The highest BCUT2D eigenvalue weighted by Crippen LogP contribution is 2.75. The molecule has 0 aromatic carbocycles. The minimum atomic E-state index is -6.04. The number of ketones is 2. The molecule has 0 heterocycles. The van der Waals surface area contributed by atoms with Gasteiger partial charge in [0, 0.05) is 16.9 Å². The molecular weight excluding hydrogens is 615 g/mol. The Morgan fingerprint density at radius 2 is 1.73 bits per heavy atom. The Bertz CT molecular complexity index is 1510. The van der Waals surface area contributed by atoms with Crippen LogP contribution in [0.25, 0.3) is 0 Å². The molecule has 0 spiro atoms. The zero-order chi connectivity index (χ0) is 33.8. The van der Waals surface area contributed by atoms with Gasteiger partial charge in [-0.2, -0.15) is 21.6 Å². The second kappa shape index (κ2) is 10.1. The molecule has 45 heavy (non-hydrogen) atoms. The van der Waals surface area contributed by atoms with Gasteiger partial charge in [-0.25, -0.2) is 0 Å². The van der Waals surface area contributed by atoms with Gasteiger partial charge in [-0.15, -0.1) is 0 Å². The Balaban J connectivity index is 1.68. The van der Waals surface area contributed by atoms with Crippen molar-refractivity contribution in [3.63, 3.8) is 0 Å². The number of halogens is 3. The van der Waals surface area contributed by atoms with Crippen molar-refractivity contribution >= 4 is 27.7 Å². The average molecular weight is 660 g/mol. The third-order valence-electron chi connectivity index (χ3n) is 13.4. The van der Waals surface area contributed by atoms with Gasteiger partial charge in [0.25, 0.3) is 0 Å². The summed E-state index contributed by atoms with van der Waals surface area (Å²) < 4.78 is 72.2. The molecule has 0 saturated heterocycles. The number of aliphatic hydroxyl groups excluding tert-OH is 1. The standard InChI is InChI=1S/C32H44F3NO8S/c1-18-7-10-30(25(40)43-6)12-11-29(5)28(4)9-8-20-26(2,21(28)14-23(38)31(29,36)22(30)13-18)15-19(24(39)27(20,3)17-37)16-44-45(41,42)32(33,34)35/h14,16,18,20,22,37H,7-13,15,17,36H2,1-6H3/b19-16+/t18?,20?,22?,26?,27-,28?,29+,30?,31?/m1/s1. The smallest absolute Gasteiger partial charge is 0.469 e. The van der Waals surface area contributed by atoms with E-state index in [4.69, 9.17) is 10.5 Å². The van der Waals surface area contributed by atoms with Gasteiger partial charge in [-0.3, -0.25) is 14.4 Å². The van der Waals surface area contributed by atoms with Crippen LogP contribution in [-0.2, 0) is 33.4 Å². The lowest BCUT2D eigenvalue weighted by molar-refractivity contribution is -0.195. The van der Waals surface area contributed by atoms with Crippen LogP contribution in [0.3, 0.4) is 0 Å². The monoisotopic (exact) mass is 659 g/mol. The summed E-state index contributed by atoms with van der Waals surface area (Å²) in [6.07, 6.45) is 5.46. The Labute approximate surface area is 262 Å². The van der Waals surface area contributed by atoms with Crippen molar-refractivity contribution in [2.24, 2.45) is 50.6 Å². The maximum absolute atomic E-state index is 14.6. The molecule has 13 heteroatoms. The fourth-order valence-corrected chi connectivity index (χ4v) is 11.0. The van der Waals surface area contributed by atoms with E-state index in [0.29, 0.717) is 50.4 Å². The zero-order valence-electron chi connectivity index (χ0n) is 26.7. The first kappa shape index (κ1) is 34.1. The number of alkyl halides is 3. The van der Waals surface area contributed by atoms with Crippen molar-refractivity contribution in [3.05, 3.63) is 23.5 Å². The molecule has 0 aromatic heterocycles. The first-order chi connectivity index (χ1) is 20.6. The van der Waals surface area contributed by atoms with Crippen LogP contribution in [0, 0.1) is 44.8 Å². The molecule has 0 amide bonds. The van der Waals surface area contributed by atoms with Crippen LogP contribution in [0.2, 0.25) is 0 Å². The fourth-order valence-electron chi connectivity index (χ4n) is 10.7. The van der Waals surface area contributed by atoms with E-state index in [1.54, 1.807) is 0 Å². The number of rotatable bonds is 4. The maximum Gasteiger partial charge on any atom is 0.534 e. The summed E-state index contributed by atoms with van der Waals surface area (Å²) in [7, 11) is -4.68. The number of carbonyl (C=O) groups is 3.